The Hall–Kier alpha value is -1.89. The molecule has 7 heteroatoms. The van der Waals surface area contributed by atoms with E-state index in [1.165, 1.54) is 16.2 Å². The Bertz CT molecular complexity index is 804. The normalized spacial score (nSPS) is 16.8. The van der Waals surface area contributed by atoms with Crippen molar-refractivity contribution in [3.05, 3.63) is 45.3 Å². The summed E-state index contributed by atoms with van der Waals surface area (Å²) in [6.45, 7) is 2.92. The molecule has 26 heavy (non-hydrogen) atoms. The highest BCUT2D eigenvalue weighted by atomic mass is 35.5. The molecule has 2 amide bonds. The fraction of sp³-hybridized carbons (Fsp3) is 0.368. The molecule has 3 rings (SSSR count). The average Bonchev–Trinajstić information content (AvgIpc) is 2.93. The van der Waals surface area contributed by atoms with Crippen LogP contribution < -0.4 is 10.6 Å². The van der Waals surface area contributed by atoms with Crippen LogP contribution in [0.4, 0.5) is 15.5 Å². The fourth-order valence-electron chi connectivity index (χ4n) is 3.29. The number of carbonyl (C=O) groups excluding carboxylic acids is 2. The Kier molecular flexibility index (Phi) is 5.96. The van der Waals surface area contributed by atoms with E-state index in [4.69, 9.17) is 11.6 Å². The highest BCUT2D eigenvalue weighted by Crippen LogP contribution is 2.38. The molecule has 138 valence electrons. The summed E-state index contributed by atoms with van der Waals surface area (Å²) in [6, 6.07) is 7.00. The van der Waals surface area contributed by atoms with Gasteiger partial charge in [-0.25, -0.2) is 4.79 Å². The van der Waals surface area contributed by atoms with E-state index < -0.39 is 0 Å². The third kappa shape index (κ3) is 4.09. The SMILES string of the molecule is CCC[C@@H]1Cc2sc(NC(=O)Nc3ccc(Cl)cc3)c(C=O)c2CN1C. The van der Waals surface area contributed by atoms with Gasteiger partial charge in [-0.05, 0) is 49.7 Å². The van der Waals surface area contributed by atoms with Gasteiger partial charge in [0.25, 0.3) is 0 Å². The van der Waals surface area contributed by atoms with Gasteiger partial charge in [0.05, 0.1) is 5.56 Å². The number of thiophene rings is 1. The van der Waals surface area contributed by atoms with Crippen molar-refractivity contribution >= 4 is 45.9 Å². The summed E-state index contributed by atoms with van der Waals surface area (Å²) in [5.41, 5.74) is 2.28. The number of hydrogen-bond donors (Lipinski definition) is 2. The number of aldehydes is 1. The van der Waals surface area contributed by atoms with E-state index in [0.717, 1.165) is 37.7 Å². The van der Waals surface area contributed by atoms with Crippen LogP contribution in [0.2, 0.25) is 5.02 Å². The first-order chi connectivity index (χ1) is 12.5. The molecule has 1 aromatic carbocycles. The van der Waals surface area contributed by atoms with E-state index in [1.54, 1.807) is 24.3 Å². The first kappa shape index (κ1) is 18.9. The van der Waals surface area contributed by atoms with Gasteiger partial charge < -0.3 is 5.32 Å². The van der Waals surface area contributed by atoms with Crippen molar-refractivity contribution in [3.8, 4) is 0 Å². The number of urea groups is 1. The van der Waals surface area contributed by atoms with Crippen LogP contribution in [0.15, 0.2) is 24.3 Å². The number of hydrogen-bond acceptors (Lipinski definition) is 4. The summed E-state index contributed by atoms with van der Waals surface area (Å²) in [4.78, 5) is 27.5. The van der Waals surface area contributed by atoms with E-state index >= 15 is 0 Å². The number of rotatable bonds is 5. The molecule has 1 atom stereocenters. The van der Waals surface area contributed by atoms with Crippen molar-refractivity contribution in [2.45, 2.75) is 38.8 Å². The molecule has 0 bridgehead atoms. The van der Waals surface area contributed by atoms with E-state index in [1.807, 2.05) is 0 Å². The second-order valence-corrected chi connectivity index (χ2v) is 8.05. The van der Waals surface area contributed by atoms with E-state index in [0.29, 0.717) is 27.3 Å². The smallest absolute Gasteiger partial charge is 0.308 e. The van der Waals surface area contributed by atoms with Crippen molar-refractivity contribution in [3.63, 3.8) is 0 Å². The van der Waals surface area contributed by atoms with Crippen molar-refractivity contribution in [1.82, 2.24) is 4.90 Å². The monoisotopic (exact) mass is 391 g/mol. The highest BCUT2D eigenvalue weighted by molar-refractivity contribution is 7.17. The van der Waals surface area contributed by atoms with Gasteiger partial charge in [-0.2, -0.15) is 0 Å². The molecule has 1 aromatic heterocycles. The zero-order valence-electron chi connectivity index (χ0n) is 14.8. The van der Waals surface area contributed by atoms with Crippen molar-refractivity contribution in [1.29, 1.82) is 0 Å². The maximum atomic E-state index is 12.3. The minimum Gasteiger partial charge on any atom is -0.308 e. The Morgan fingerprint density at radius 3 is 2.73 bits per heavy atom. The maximum absolute atomic E-state index is 12.3. The number of benzene rings is 1. The van der Waals surface area contributed by atoms with Gasteiger partial charge in [0.15, 0.2) is 6.29 Å². The predicted octanol–water partition coefficient (Wildman–Crippen LogP) is 5.01. The Morgan fingerprint density at radius 1 is 1.35 bits per heavy atom. The van der Waals surface area contributed by atoms with Crippen molar-refractivity contribution < 1.29 is 9.59 Å². The number of amides is 2. The second-order valence-electron chi connectivity index (χ2n) is 6.51. The molecular weight excluding hydrogens is 370 g/mol. The molecule has 0 radical (unpaired) electrons. The summed E-state index contributed by atoms with van der Waals surface area (Å²) in [5, 5.41) is 6.81. The minimum atomic E-state index is -0.368. The van der Waals surface area contributed by atoms with Crippen LogP contribution in [0, 0.1) is 0 Å². The molecule has 0 saturated carbocycles. The van der Waals surface area contributed by atoms with Crippen LogP contribution in [0.1, 0.15) is 40.6 Å². The minimum absolute atomic E-state index is 0.368. The van der Waals surface area contributed by atoms with E-state index in [-0.39, 0.29) is 6.03 Å². The maximum Gasteiger partial charge on any atom is 0.324 e. The molecule has 1 aliphatic rings. The van der Waals surface area contributed by atoms with Crippen molar-refractivity contribution in [2.75, 3.05) is 17.7 Å². The standard InChI is InChI=1S/C19H22ClN3O2S/c1-3-4-14-9-17-15(10-23(14)2)16(11-24)18(26-17)22-19(25)21-13-7-5-12(20)6-8-13/h5-8,11,14H,3-4,9-10H2,1-2H3,(H2,21,22,25)/t14-/m1/s1. The van der Waals surface area contributed by atoms with Crippen LogP contribution in [0.25, 0.3) is 0 Å². The summed E-state index contributed by atoms with van der Waals surface area (Å²) in [6.07, 6.45) is 4.03. The van der Waals surface area contributed by atoms with Gasteiger partial charge in [-0.15, -0.1) is 11.3 Å². The van der Waals surface area contributed by atoms with Gasteiger partial charge in [0.1, 0.15) is 5.00 Å². The quantitative estimate of drug-likeness (QED) is 0.704. The Balaban J connectivity index is 1.76. The Labute approximate surface area is 162 Å². The van der Waals surface area contributed by atoms with Gasteiger partial charge >= 0.3 is 6.03 Å². The van der Waals surface area contributed by atoms with E-state index in [9.17, 15) is 9.59 Å². The predicted molar refractivity (Wildman–Crippen MR) is 108 cm³/mol. The molecule has 5 nitrogen and oxygen atoms in total. The average molecular weight is 392 g/mol. The first-order valence-electron chi connectivity index (χ1n) is 8.65. The third-order valence-corrected chi connectivity index (χ3v) is 6.09. The molecule has 0 spiro atoms. The van der Waals surface area contributed by atoms with Crippen LogP contribution >= 0.6 is 22.9 Å². The lowest BCUT2D eigenvalue weighted by molar-refractivity contribution is 0.112. The summed E-state index contributed by atoms with van der Waals surface area (Å²) < 4.78 is 0. The van der Waals surface area contributed by atoms with Crippen LogP contribution in [-0.4, -0.2) is 30.3 Å². The number of nitrogens with zero attached hydrogens (tertiary/aromatic N) is 1. The summed E-state index contributed by atoms with van der Waals surface area (Å²) in [7, 11) is 2.09. The number of nitrogens with one attached hydrogen (secondary N) is 2. The molecular formula is C19H22ClN3O2S. The molecule has 0 aliphatic carbocycles. The van der Waals surface area contributed by atoms with Crippen LogP contribution in [0.3, 0.4) is 0 Å². The van der Waals surface area contributed by atoms with Crippen LogP contribution in [0.5, 0.6) is 0 Å². The molecule has 0 unspecified atom stereocenters. The fourth-order valence-corrected chi connectivity index (χ4v) is 4.66. The van der Waals surface area contributed by atoms with Gasteiger partial charge in [0, 0.05) is 28.2 Å². The molecule has 2 N–H and O–H groups in total. The number of halogens is 1. The van der Waals surface area contributed by atoms with E-state index in [2.05, 4.69) is 29.5 Å². The molecule has 1 aliphatic heterocycles. The lowest BCUT2D eigenvalue weighted by Crippen LogP contribution is -2.36. The lowest BCUT2D eigenvalue weighted by atomic mass is 9.97. The first-order valence-corrected chi connectivity index (χ1v) is 9.84. The molecule has 2 aromatic rings. The summed E-state index contributed by atoms with van der Waals surface area (Å²) >= 11 is 7.36. The highest BCUT2D eigenvalue weighted by Gasteiger charge is 2.28. The number of fused-ring (bicyclic) bond motifs is 1. The van der Waals surface area contributed by atoms with Crippen LogP contribution in [-0.2, 0) is 13.0 Å². The number of carbonyl (C=O) groups is 2. The number of anilines is 2. The molecule has 2 heterocycles. The summed E-state index contributed by atoms with van der Waals surface area (Å²) in [5.74, 6) is 0. The van der Waals surface area contributed by atoms with Gasteiger partial charge in [-0.3, -0.25) is 15.0 Å². The number of likely N-dealkylation sites (N-methyl/N-ethyl adjacent to an activating group) is 1. The Morgan fingerprint density at radius 2 is 2.08 bits per heavy atom. The molecule has 0 saturated heterocycles. The topological polar surface area (TPSA) is 61.4 Å². The van der Waals surface area contributed by atoms with Gasteiger partial charge in [0.2, 0.25) is 0 Å². The zero-order chi connectivity index (χ0) is 18.7. The largest absolute Gasteiger partial charge is 0.324 e. The lowest BCUT2D eigenvalue weighted by Gasteiger charge is -2.32. The zero-order valence-corrected chi connectivity index (χ0v) is 16.4. The molecule has 0 fully saturated rings. The van der Waals surface area contributed by atoms with Crippen molar-refractivity contribution in [2.24, 2.45) is 0 Å². The second kappa shape index (κ2) is 8.20. The third-order valence-electron chi connectivity index (χ3n) is 4.65. The van der Waals surface area contributed by atoms with Gasteiger partial charge in [-0.1, -0.05) is 24.9 Å².